The highest BCUT2D eigenvalue weighted by Gasteiger charge is 2.32. The Labute approximate surface area is 131 Å². The van der Waals surface area contributed by atoms with E-state index in [9.17, 15) is 4.79 Å². The molecule has 4 heteroatoms. The largest absolute Gasteiger partial charge is 0.370 e. The van der Waals surface area contributed by atoms with Crippen LogP contribution in [0, 0.1) is 5.92 Å². The lowest BCUT2D eigenvalue weighted by molar-refractivity contribution is -0.146. The SMILES string of the molecule is O=C(CC1CCCC1)N1CC(OCc2ccc(Cl)cc2)C1. The molecule has 21 heavy (non-hydrogen) atoms. The first-order chi connectivity index (χ1) is 10.2. The van der Waals surface area contributed by atoms with Gasteiger partial charge >= 0.3 is 0 Å². The third-order valence-corrected chi connectivity index (χ3v) is 4.79. The summed E-state index contributed by atoms with van der Waals surface area (Å²) in [7, 11) is 0. The maximum absolute atomic E-state index is 12.1. The fourth-order valence-electron chi connectivity index (χ4n) is 3.13. The number of nitrogens with zero attached hydrogens (tertiary/aromatic N) is 1. The first kappa shape index (κ1) is 14.9. The number of halogens is 1. The topological polar surface area (TPSA) is 29.5 Å². The van der Waals surface area contributed by atoms with E-state index in [1.165, 1.54) is 25.7 Å². The van der Waals surface area contributed by atoms with Crippen LogP contribution < -0.4 is 0 Å². The van der Waals surface area contributed by atoms with Crippen LogP contribution in [0.5, 0.6) is 0 Å². The van der Waals surface area contributed by atoms with Crippen molar-refractivity contribution in [3.05, 3.63) is 34.9 Å². The van der Waals surface area contributed by atoms with E-state index in [2.05, 4.69) is 0 Å². The van der Waals surface area contributed by atoms with Crippen LogP contribution in [0.15, 0.2) is 24.3 Å². The first-order valence-electron chi connectivity index (χ1n) is 7.84. The fraction of sp³-hybridized carbons (Fsp3) is 0.588. The molecule has 0 N–H and O–H groups in total. The van der Waals surface area contributed by atoms with Crippen LogP contribution in [-0.4, -0.2) is 30.0 Å². The third kappa shape index (κ3) is 3.98. The lowest BCUT2D eigenvalue weighted by Gasteiger charge is -2.39. The number of carbonyl (C=O) groups is 1. The second kappa shape index (κ2) is 6.80. The molecule has 0 radical (unpaired) electrons. The molecule has 1 amide bonds. The average Bonchev–Trinajstić information content (AvgIpc) is 2.92. The zero-order chi connectivity index (χ0) is 14.7. The molecule has 1 heterocycles. The van der Waals surface area contributed by atoms with Crippen molar-refractivity contribution in [2.24, 2.45) is 5.92 Å². The molecule has 2 fully saturated rings. The van der Waals surface area contributed by atoms with Crippen molar-refractivity contribution in [2.45, 2.75) is 44.8 Å². The lowest BCUT2D eigenvalue weighted by atomic mass is 10.0. The minimum Gasteiger partial charge on any atom is -0.370 e. The zero-order valence-electron chi connectivity index (χ0n) is 12.3. The Morgan fingerprint density at radius 1 is 1.19 bits per heavy atom. The molecular formula is C17H22ClNO2. The van der Waals surface area contributed by atoms with Crippen molar-refractivity contribution in [3.63, 3.8) is 0 Å². The summed E-state index contributed by atoms with van der Waals surface area (Å²) in [5.74, 6) is 0.944. The second-order valence-electron chi connectivity index (χ2n) is 6.21. The van der Waals surface area contributed by atoms with Gasteiger partial charge in [0, 0.05) is 24.5 Å². The van der Waals surface area contributed by atoms with E-state index >= 15 is 0 Å². The number of hydrogen-bond acceptors (Lipinski definition) is 2. The summed E-state index contributed by atoms with van der Waals surface area (Å²) in [5.41, 5.74) is 1.12. The number of carbonyl (C=O) groups excluding carboxylic acids is 1. The molecule has 0 aromatic heterocycles. The Morgan fingerprint density at radius 3 is 2.52 bits per heavy atom. The van der Waals surface area contributed by atoms with E-state index in [1.54, 1.807) is 0 Å². The van der Waals surface area contributed by atoms with Crippen molar-refractivity contribution < 1.29 is 9.53 Å². The number of benzene rings is 1. The normalized spacial score (nSPS) is 19.8. The molecule has 1 aliphatic carbocycles. The maximum Gasteiger partial charge on any atom is 0.223 e. The first-order valence-corrected chi connectivity index (χ1v) is 8.22. The van der Waals surface area contributed by atoms with Crippen LogP contribution in [0.2, 0.25) is 5.02 Å². The molecule has 0 spiro atoms. The summed E-state index contributed by atoms with van der Waals surface area (Å²) in [4.78, 5) is 14.0. The quantitative estimate of drug-likeness (QED) is 0.831. The van der Waals surface area contributed by atoms with Gasteiger partial charge in [-0.2, -0.15) is 0 Å². The number of rotatable bonds is 5. The number of amides is 1. The van der Waals surface area contributed by atoms with Gasteiger partial charge in [0.2, 0.25) is 5.91 Å². The predicted octanol–water partition coefficient (Wildman–Crippen LogP) is 3.65. The van der Waals surface area contributed by atoms with Crippen LogP contribution in [0.4, 0.5) is 0 Å². The van der Waals surface area contributed by atoms with Crippen LogP contribution >= 0.6 is 11.6 Å². The molecule has 1 aliphatic heterocycles. The molecule has 114 valence electrons. The Morgan fingerprint density at radius 2 is 1.86 bits per heavy atom. The number of ether oxygens (including phenoxy) is 1. The van der Waals surface area contributed by atoms with Crippen LogP contribution in [-0.2, 0) is 16.1 Å². The Hall–Kier alpha value is -1.06. The lowest BCUT2D eigenvalue weighted by Crippen LogP contribution is -2.54. The molecule has 1 saturated heterocycles. The van der Waals surface area contributed by atoms with E-state index in [0.29, 0.717) is 18.4 Å². The maximum atomic E-state index is 12.1. The summed E-state index contributed by atoms with van der Waals surface area (Å²) >= 11 is 5.85. The van der Waals surface area contributed by atoms with Crippen molar-refractivity contribution in [1.29, 1.82) is 0 Å². The molecular weight excluding hydrogens is 286 g/mol. The molecule has 1 aromatic rings. The minimum absolute atomic E-state index is 0.188. The second-order valence-corrected chi connectivity index (χ2v) is 6.65. The summed E-state index contributed by atoms with van der Waals surface area (Å²) in [6.07, 6.45) is 5.99. The van der Waals surface area contributed by atoms with Gasteiger partial charge < -0.3 is 9.64 Å². The molecule has 2 aliphatic rings. The minimum atomic E-state index is 0.188. The summed E-state index contributed by atoms with van der Waals surface area (Å²) in [5, 5.41) is 0.742. The Balaban J connectivity index is 1.35. The monoisotopic (exact) mass is 307 g/mol. The van der Waals surface area contributed by atoms with Gasteiger partial charge in [0.15, 0.2) is 0 Å². The van der Waals surface area contributed by atoms with Crippen molar-refractivity contribution in [3.8, 4) is 0 Å². The molecule has 3 nitrogen and oxygen atoms in total. The molecule has 0 unspecified atom stereocenters. The van der Waals surface area contributed by atoms with Crippen LogP contribution in [0.3, 0.4) is 0 Å². The van der Waals surface area contributed by atoms with Crippen LogP contribution in [0.25, 0.3) is 0 Å². The third-order valence-electron chi connectivity index (χ3n) is 4.54. The van der Waals surface area contributed by atoms with Gasteiger partial charge in [0.1, 0.15) is 0 Å². The Bertz CT molecular complexity index is 476. The van der Waals surface area contributed by atoms with Crippen molar-refractivity contribution in [1.82, 2.24) is 4.90 Å². The average molecular weight is 308 g/mol. The smallest absolute Gasteiger partial charge is 0.223 e. The van der Waals surface area contributed by atoms with Gasteiger partial charge in [-0.25, -0.2) is 0 Å². The van der Waals surface area contributed by atoms with Gasteiger partial charge in [-0.1, -0.05) is 36.6 Å². The van der Waals surface area contributed by atoms with E-state index < -0.39 is 0 Å². The highest BCUT2D eigenvalue weighted by Crippen LogP contribution is 2.29. The van der Waals surface area contributed by atoms with Crippen molar-refractivity contribution >= 4 is 17.5 Å². The van der Waals surface area contributed by atoms with Crippen LogP contribution in [0.1, 0.15) is 37.7 Å². The van der Waals surface area contributed by atoms with Crippen molar-refractivity contribution in [2.75, 3.05) is 13.1 Å². The predicted molar refractivity (Wildman–Crippen MR) is 83.2 cm³/mol. The molecule has 3 rings (SSSR count). The van der Waals surface area contributed by atoms with Gasteiger partial charge in [0.05, 0.1) is 12.7 Å². The van der Waals surface area contributed by atoms with Gasteiger partial charge in [-0.05, 0) is 36.5 Å². The highest BCUT2D eigenvalue weighted by atomic mass is 35.5. The Kier molecular flexibility index (Phi) is 4.81. The van der Waals surface area contributed by atoms with E-state index in [1.807, 2.05) is 29.2 Å². The summed E-state index contributed by atoms with van der Waals surface area (Å²) in [6, 6.07) is 7.70. The number of likely N-dealkylation sites (tertiary alicyclic amines) is 1. The molecule has 1 aromatic carbocycles. The van der Waals surface area contributed by atoms with E-state index in [4.69, 9.17) is 16.3 Å². The molecule has 0 bridgehead atoms. The van der Waals surface area contributed by atoms with Gasteiger partial charge in [0.25, 0.3) is 0 Å². The highest BCUT2D eigenvalue weighted by molar-refractivity contribution is 6.30. The zero-order valence-corrected chi connectivity index (χ0v) is 13.0. The summed E-state index contributed by atoms with van der Waals surface area (Å²) in [6.45, 7) is 2.09. The fourth-order valence-corrected chi connectivity index (χ4v) is 3.26. The molecule has 0 atom stereocenters. The number of hydrogen-bond donors (Lipinski definition) is 0. The van der Waals surface area contributed by atoms with E-state index in [0.717, 1.165) is 30.1 Å². The summed E-state index contributed by atoms with van der Waals surface area (Å²) < 4.78 is 5.82. The van der Waals surface area contributed by atoms with E-state index in [-0.39, 0.29) is 6.10 Å². The molecule has 1 saturated carbocycles. The standard InChI is InChI=1S/C17H22ClNO2/c18-15-7-5-14(6-8-15)12-21-16-10-19(11-16)17(20)9-13-3-1-2-4-13/h5-8,13,16H,1-4,9-12H2. The van der Waals surface area contributed by atoms with Gasteiger partial charge in [-0.15, -0.1) is 0 Å². The van der Waals surface area contributed by atoms with Gasteiger partial charge in [-0.3, -0.25) is 4.79 Å².